The van der Waals surface area contributed by atoms with Gasteiger partial charge < -0.3 is 9.84 Å². The van der Waals surface area contributed by atoms with Crippen molar-refractivity contribution < 1.29 is 4.52 Å². The van der Waals surface area contributed by atoms with Gasteiger partial charge in [-0.1, -0.05) is 30.3 Å². The highest BCUT2D eigenvalue weighted by atomic mass is 32.2. The van der Waals surface area contributed by atoms with E-state index in [1.165, 1.54) is 11.3 Å². The topological polar surface area (TPSA) is 51.0 Å². The first-order chi connectivity index (χ1) is 9.33. The van der Waals surface area contributed by atoms with Crippen LogP contribution in [0.1, 0.15) is 31.1 Å². The summed E-state index contributed by atoms with van der Waals surface area (Å²) in [6.07, 6.45) is 1.17. The van der Waals surface area contributed by atoms with Crippen LogP contribution in [0.15, 0.2) is 39.8 Å². The summed E-state index contributed by atoms with van der Waals surface area (Å²) in [5, 5.41) is 7.47. The molecule has 3 rings (SSSR count). The van der Waals surface area contributed by atoms with Gasteiger partial charge in [0.2, 0.25) is 5.89 Å². The molecule has 1 N–H and O–H groups in total. The van der Waals surface area contributed by atoms with Crippen LogP contribution in [0.4, 0.5) is 0 Å². The molecular weight excluding hydrogens is 258 g/mol. The lowest BCUT2D eigenvalue weighted by Gasteiger charge is -2.09. The summed E-state index contributed by atoms with van der Waals surface area (Å²) in [5.74, 6) is 2.81. The van der Waals surface area contributed by atoms with Crippen LogP contribution in [0.3, 0.4) is 0 Å². The lowest BCUT2D eigenvalue weighted by molar-refractivity contribution is 0.317. The molecule has 1 aromatic heterocycles. The molecule has 0 amide bonds. The quantitative estimate of drug-likeness (QED) is 0.869. The van der Waals surface area contributed by atoms with E-state index in [1.807, 2.05) is 18.2 Å². The molecule has 1 aromatic carbocycles. The van der Waals surface area contributed by atoms with Crippen LogP contribution < -0.4 is 5.32 Å². The second kappa shape index (κ2) is 5.75. The van der Waals surface area contributed by atoms with Crippen LogP contribution in [-0.4, -0.2) is 16.7 Å². The summed E-state index contributed by atoms with van der Waals surface area (Å²) in [6, 6.07) is 10.5. The van der Waals surface area contributed by atoms with E-state index in [4.69, 9.17) is 4.52 Å². The van der Waals surface area contributed by atoms with E-state index in [9.17, 15) is 0 Å². The molecular formula is C14H17N3OS. The number of hydrogen-bond donors (Lipinski definition) is 1. The van der Waals surface area contributed by atoms with E-state index in [-0.39, 0.29) is 6.04 Å². The Hall–Kier alpha value is -1.33. The molecule has 100 valence electrons. The van der Waals surface area contributed by atoms with E-state index in [2.05, 4.69) is 34.5 Å². The lowest BCUT2D eigenvalue weighted by atomic mass is 10.0. The molecule has 0 spiro atoms. The van der Waals surface area contributed by atoms with E-state index < -0.39 is 0 Å². The van der Waals surface area contributed by atoms with Crippen molar-refractivity contribution in [1.29, 1.82) is 0 Å². The van der Waals surface area contributed by atoms with Gasteiger partial charge in [0.15, 0.2) is 5.82 Å². The number of nitrogens with one attached hydrogen (secondary N) is 1. The Labute approximate surface area is 117 Å². The van der Waals surface area contributed by atoms with E-state index in [1.54, 1.807) is 11.8 Å². The molecule has 0 aliphatic carbocycles. The van der Waals surface area contributed by atoms with Gasteiger partial charge in [-0.15, -0.1) is 11.8 Å². The molecule has 0 radical (unpaired) electrons. The highest BCUT2D eigenvalue weighted by Gasteiger charge is 2.29. The average molecular weight is 275 g/mol. The van der Waals surface area contributed by atoms with E-state index >= 15 is 0 Å². The van der Waals surface area contributed by atoms with Crippen LogP contribution in [0, 0.1) is 5.92 Å². The van der Waals surface area contributed by atoms with Crippen molar-refractivity contribution >= 4 is 11.8 Å². The summed E-state index contributed by atoms with van der Waals surface area (Å²) in [7, 11) is 0. The van der Waals surface area contributed by atoms with Gasteiger partial charge in [-0.05, 0) is 31.0 Å². The summed E-state index contributed by atoms with van der Waals surface area (Å²) in [5.41, 5.74) is 0. The fourth-order valence-electron chi connectivity index (χ4n) is 2.28. The number of benzene rings is 1. The first-order valence-electron chi connectivity index (χ1n) is 6.56. The molecule has 2 aromatic rings. The zero-order valence-corrected chi connectivity index (χ0v) is 11.7. The zero-order chi connectivity index (χ0) is 13.1. The lowest BCUT2D eigenvalue weighted by Crippen LogP contribution is -2.16. The van der Waals surface area contributed by atoms with Crippen molar-refractivity contribution in [3.63, 3.8) is 0 Å². The van der Waals surface area contributed by atoms with Crippen molar-refractivity contribution in [1.82, 2.24) is 15.5 Å². The summed E-state index contributed by atoms with van der Waals surface area (Å²) >= 11 is 1.72. The minimum atomic E-state index is 0.225. The predicted molar refractivity (Wildman–Crippen MR) is 74.8 cm³/mol. The van der Waals surface area contributed by atoms with Gasteiger partial charge >= 0.3 is 0 Å². The van der Waals surface area contributed by atoms with Crippen molar-refractivity contribution in [2.45, 2.75) is 30.0 Å². The van der Waals surface area contributed by atoms with Gasteiger partial charge in [0.1, 0.15) is 0 Å². The third kappa shape index (κ3) is 2.98. The van der Waals surface area contributed by atoms with Crippen LogP contribution in [0.2, 0.25) is 0 Å². The maximum atomic E-state index is 5.37. The Morgan fingerprint density at radius 1 is 1.37 bits per heavy atom. The van der Waals surface area contributed by atoms with Crippen molar-refractivity contribution in [2.75, 3.05) is 6.54 Å². The number of nitrogens with zero attached hydrogens (tertiary/aromatic N) is 2. The molecule has 1 aliphatic rings. The number of aromatic nitrogens is 2. The monoisotopic (exact) mass is 275 g/mol. The molecule has 5 heteroatoms. The third-order valence-electron chi connectivity index (χ3n) is 3.39. The average Bonchev–Trinajstić information content (AvgIpc) is 3.06. The molecule has 1 fully saturated rings. The largest absolute Gasteiger partial charge is 0.338 e. The molecule has 2 atom stereocenters. The minimum absolute atomic E-state index is 0.225. The molecule has 0 bridgehead atoms. The highest BCUT2D eigenvalue weighted by Crippen LogP contribution is 2.28. The maximum Gasteiger partial charge on any atom is 0.244 e. The second-order valence-electron chi connectivity index (χ2n) is 4.85. The molecule has 1 saturated heterocycles. The third-order valence-corrected chi connectivity index (χ3v) is 4.40. The summed E-state index contributed by atoms with van der Waals surface area (Å²) < 4.78 is 5.37. The Balaban J connectivity index is 1.62. The van der Waals surface area contributed by atoms with Gasteiger partial charge in [0.25, 0.3) is 0 Å². The summed E-state index contributed by atoms with van der Waals surface area (Å²) in [4.78, 5) is 5.72. The molecule has 2 heterocycles. The Bertz CT molecular complexity index is 528. The number of thioether (sulfide) groups is 1. The van der Waals surface area contributed by atoms with Crippen LogP contribution in [0.25, 0.3) is 0 Å². The minimum Gasteiger partial charge on any atom is -0.338 e. The SMILES string of the molecule is CC1CCNC1c1nc(CSc2ccccc2)no1. The molecule has 19 heavy (non-hydrogen) atoms. The smallest absolute Gasteiger partial charge is 0.244 e. The Morgan fingerprint density at radius 3 is 2.95 bits per heavy atom. The normalized spacial score (nSPS) is 22.8. The van der Waals surface area contributed by atoms with Crippen molar-refractivity contribution in [3.05, 3.63) is 42.0 Å². The van der Waals surface area contributed by atoms with Gasteiger partial charge in [-0.2, -0.15) is 4.98 Å². The fourth-order valence-corrected chi connectivity index (χ4v) is 3.04. The van der Waals surface area contributed by atoms with E-state index in [0.29, 0.717) is 5.92 Å². The van der Waals surface area contributed by atoms with Crippen LogP contribution >= 0.6 is 11.8 Å². The molecule has 1 aliphatic heterocycles. The maximum absolute atomic E-state index is 5.37. The molecule has 0 saturated carbocycles. The summed E-state index contributed by atoms with van der Waals surface area (Å²) in [6.45, 7) is 3.25. The predicted octanol–water partition coefficient (Wildman–Crippen LogP) is 3.03. The number of rotatable bonds is 4. The Kier molecular flexibility index (Phi) is 3.84. The second-order valence-corrected chi connectivity index (χ2v) is 5.90. The van der Waals surface area contributed by atoms with E-state index in [0.717, 1.165) is 24.0 Å². The fraction of sp³-hybridized carbons (Fsp3) is 0.429. The van der Waals surface area contributed by atoms with Gasteiger partial charge in [-0.3, -0.25) is 0 Å². The number of hydrogen-bond acceptors (Lipinski definition) is 5. The van der Waals surface area contributed by atoms with Crippen LogP contribution in [-0.2, 0) is 5.75 Å². The van der Waals surface area contributed by atoms with Crippen molar-refractivity contribution in [3.8, 4) is 0 Å². The van der Waals surface area contributed by atoms with Gasteiger partial charge in [-0.25, -0.2) is 0 Å². The zero-order valence-electron chi connectivity index (χ0n) is 10.9. The van der Waals surface area contributed by atoms with Gasteiger partial charge in [0.05, 0.1) is 11.8 Å². The Morgan fingerprint density at radius 2 is 2.21 bits per heavy atom. The highest BCUT2D eigenvalue weighted by molar-refractivity contribution is 7.98. The standard InChI is InChI=1S/C14H17N3OS/c1-10-7-8-15-13(10)14-16-12(17-18-14)9-19-11-5-3-2-4-6-11/h2-6,10,13,15H,7-9H2,1H3. The van der Waals surface area contributed by atoms with Gasteiger partial charge in [0, 0.05) is 4.90 Å². The van der Waals surface area contributed by atoms with Crippen LogP contribution in [0.5, 0.6) is 0 Å². The first kappa shape index (κ1) is 12.7. The molecule has 4 nitrogen and oxygen atoms in total. The molecule has 2 unspecified atom stereocenters. The van der Waals surface area contributed by atoms with Crippen molar-refractivity contribution in [2.24, 2.45) is 5.92 Å². The first-order valence-corrected chi connectivity index (χ1v) is 7.55.